The highest BCUT2D eigenvalue weighted by atomic mass is 32.2. The van der Waals surface area contributed by atoms with Crippen molar-refractivity contribution >= 4 is 11.8 Å². The predicted molar refractivity (Wildman–Crippen MR) is 59.8 cm³/mol. The Labute approximate surface area is 81.9 Å². The average molecular weight is 189 g/mol. The first kappa shape index (κ1) is 12.3. The fourth-order valence-electron chi connectivity index (χ4n) is 1.05. The molecule has 1 nitrogen and oxygen atoms in total. The summed E-state index contributed by atoms with van der Waals surface area (Å²) in [6, 6.07) is 0. The molecule has 0 heterocycles. The van der Waals surface area contributed by atoms with Gasteiger partial charge < -0.3 is 4.90 Å². The number of unbranched alkanes of at least 4 members (excludes halogenated alkanes) is 4. The number of hydrogen-bond acceptors (Lipinski definition) is 2. The van der Waals surface area contributed by atoms with Crippen molar-refractivity contribution in [1.29, 1.82) is 0 Å². The lowest BCUT2D eigenvalue weighted by molar-refractivity contribution is 0.485. The van der Waals surface area contributed by atoms with Gasteiger partial charge in [-0.1, -0.05) is 32.6 Å². The van der Waals surface area contributed by atoms with E-state index in [0.717, 1.165) is 0 Å². The third-order valence-corrected chi connectivity index (χ3v) is 3.02. The van der Waals surface area contributed by atoms with Crippen LogP contribution in [0.4, 0.5) is 0 Å². The number of rotatable bonds is 8. The van der Waals surface area contributed by atoms with Crippen molar-refractivity contribution in [2.24, 2.45) is 0 Å². The molecule has 12 heavy (non-hydrogen) atoms. The molecule has 0 aliphatic rings. The van der Waals surface area contributed by atoms with Crippen LogP contribution in [0.1, 0.15) is 39.0 Å². The molecule has 0 amide bonds. The Morgan fingerprint density at radius 1 is 1.00 bits per heavy atom. The molecule has 0 saturated carbocycles. The first-order valence-electron chi connectivity index (χ1n) is 5.00. The molecular weight excluding hydrogens is 166 g/mol. The van der Waals surface area contributed by atoms with Gasteiger partial charge in [-0.3, -0.25) is 0 Å². The van der Waals surface area contributed by atoms with E-state index < -0.39 is 0 Å². The number of thioether (sulfide) groups is 1. The molecule has 0 radical (unpaired) electrons. The monoisotopic (exact) mass is 189 g/mol. The van der Waals surface area contributed by atoms with Crippen LogP contribution in [0.25, 0.3) is 0 Å². The van der Waals surface area contributed by atoms with Gasteiger partial charge in [0.15, 0.2) is 0 Å². The molecule has 0 aromatic rings. The highest BCUT2D eigenvalue weighted by Gasteiger charge is 1.91. The van der Waals surface area contributed by atoms with Crippen molar-refractivity contribution in [1.82, 2.24) is 4.90 Å². The molecule has 74 valence electrons. The van der Waals surface area contributed by atoms with E-state index in [-0.39, 0.29) is 0 Å². The van der Waals surface area contributed by atoms with E-state index in [1.54, 1.807) is 0 Å². The first-order chi connectivity index (χ1) is 5.77. The molecule has 0 saturated heterocycles. The fourth-order valence-corrected chi connectivity index (χ4v) is 1.96. The Morgan fingerprint density at radius 3 is 2.25 bits per heavy atom. The quantitative estimate of drug-likeness (QED) is 0.426. The molecule has 0 atom stereocenters. The number of hydrogen-bond donors (Lipinski definition) is 0. The summed E-state index contributed by atoms with van der Waals surface area (Å²) in [6.07, 6.45) is 7.02. The van der Waals surface area contributed by atoms with Crippen LogP contribution >= 0.6 is 11.8 Å². The Hall–Kier alpha value is 0.310. The maximum absolute atomic E-state index is 2.26. The van der Waals surface area contributed by atoms with E-state index in [9.17, 15) is 0 Å². The molecule has 0 rings (SSSR count). The van der Waals surface area contributed by atoms with Crippen molar-refractivity contribution < 1.29 is 0 Å². The topological polar surface area (TPSA) is 3.24 Å². The standard InChI is InChI=1S/C10H23NS/c1-4-5-6-7-8-9-12-10-11(2)3/h4-10H2,1-3H3. The van der Waals surface area contributed by atoms with Gasteiger partial charge in [-0.05, 0) is 26.3 Å². The lowest BCUT2D eigenvalue weighted by Crippen LogP contribution is -2.10. The van der Waals surface area contributed by atoms with Gasteiger partial charge in [-0.2, -0.15) is 0 Å². The van der Waals surface area contributed by atoms with Crippen molar-refractivity contribution in [3.8, 4) is 0 Å². The lowest BCUT2D eigenvalue weighted by Gasteiger charge is -2.08. The fraction of sp³-hybridized carbons (Fsp3) is 1.00. The summed E-state index contributed by atoms with van der Waals surface area (Å²) in [5.41, 5.74) is 0. The maximum atomic E-state index is 2.26. The zero-order valence-corrected chi connectivity index (χ0v) is 9.62. The van der Waals surface area contributed by atoms with Gasteiger partial charge in [0.1, 0.15) is 0 Å². The highest BCUT2D eigenvalue weighted by Crippen LogP contribution is 2.08. The first-order valence-corrected chi connectivity index (χ1v) is 6.15. The van der Waals surface area contributed by atoms with Crippen molar-refractivity contribution in [2.75, 3.05) is 25.7 Å². The zero-order valence-electron chi connectivity index (χ0n) is 8.81. The van der Waals surface area contributed by atoms with E-state index in [4.69, 9.17) is 0 Å². The van der Waals surface area contributed by atoms with Crippen LogP contribution in [-0.4, -0.2) is 30.6 Å². The largest absolute Gasteiger partial charge is 0.300 e. The maximum Gasteiger partial charge on any atom is 0.0438 e. The molecule has 0 spiro atoms. The van der Waals surface area contributed by atoms with Gasteiger partial charge in [0.05, 0.1) is 0 Å². The summed E-state index contributed by atoms with van der Waals surface area (Å²) in [5, 5.41) is 0. The summed E-state index contributed by atoms with van der Waals surface area (Å²) < 4.78 is 0. The highest BCUT2D eigenvalue weighted by molar-refractivity contribution is 7.99. The number of nitrogens with zero attached hydrogens (tertiary/aromatic N) is 1. The molecule has 0 N–H and O–H groups in total. The van der Waals surface area contributed by atoms with Crippen molar-refractivity contribution in [2.45, 2.75) is 39.0 Å². The molecule has 0 aliphatic heterocycles. The van der Waals surface area contributed by atoms with Crippen molar-refractivity contribution in [3.63, 3.8) is 0 Å². The van der Waals surface area contributed by atoms with Gasteiger partial charge in [-0.25, -0.2) is 0 Å². The van der Waals surface area contributed by atoms with E-state index in [1.165, 1.54) is 43.7 Å². The van der Waals surface area contributed by atoms with E-state index in [2.05, 4.69) is 25.9 Å². The third kappa shape index (κ3) is 10.3. The molecule has 0 aromatic carbocycles. The minimum atomic E-state index is 1.17. The van der Waals surface area contributed by atoms with E-state index in [1.807, 2.05) is 11.8 Å². The Balaban J connectivity index is 2.82. The Morgan fingerprint density at radius 2 is 1.67 bits per heavy atom. The molecule has 0 aliphatic carbocycles. The predicted octanol–water partition coefficient (Wildman–Crippen LogP) is 3.21. The molecular formula is C10H23NS. The lowest BCUT2D eigenvalue weighted by atomic mass is 10.2. The molecule has 0 aromatic heterocycles. The minimum Gasteiger partial charge on any atom is -0.300 e. The Bertz CT molecular complexity index is 83.9. The second kappa shape index (κ2) is 9.40. The molecule has 0 bridgehead atoms. The summed E-state index contributed by atoms with van der Waals surface area (Å²) in [5.74, 6) is 2.51. The summed E-state index contributed by atoms with van der Waals surface area (Å²) in [4.78, 5) is 2.23. The molecule has 2 heteroatoms. The zero-order chi connectivity index (χ0) is 9.23. The normalized spacial score (nSPS) is 11.0. The van der Waals surface area contributed by atoms with Gasteiger partial charge >= 0.3 is 0 Å². The smallest absolute Gasteiger partial charge is 0.0438 e. The third-order valence-electron chi connectivity index (χ3n) is 1.74. The van der Waals surface area contributed by atoms with Gasteiger partial charge in [0.25, 0.3) is 0 Å². The second-order valence-electron chi connectivity index (χ2n) is 3.53. The van der Waals surface area contributed by atoms with E-state index >= 15 is 0 Å². The Kier molecular flexibility index (Phi) is 9.64. The van der Waals surface area contributed by atoms with Crippen LogP contribution < -0.4 is 0 Å². The minimum absolute atomic E-state index is 1.17. The van der Waals surface area contributed by atoms with Crippen LogP contribution in [0.2, 0.25) is 0 Å². The second-order valence-corrected chi connectivity index (χ2v) is 4.61. The van der Waals surface area contributed by atoms with Crippen LogP contribution in [0.3, 0.4) is 0 Å². The molecule has 0 unspecified atom stereocenters. The van der Waals surface area contributed by atoms with Crippen LogP contribution in [0, 0.1) is 0 Å². The van der Waals surface area contributed by atoms with Gasteiger partial charge in [-0.15, -0.1) is 11.8 Å². The molecule has 0 fully saturated rings. The average Bonchev–Trinajstić information content (AvgIpc) is 2.02. The van der Waals surface area contributed by atoms with Crippen LogP contribution in [0.15, 0.2) is 0 Å². The summed E-state index contributed by atoms with van der Waals surface area (Å²) >= 11 is 2.05. The SMILES string of the molecule is CCCCCCCSCN(C)C. The van der Waals surface area contributed by atoms with E-state index in [0.29, 0.717) is 0 Å². The summed E-state index contributed by atoms with van der Waals surface area (Å²) in [7, 11) is 4.26. The van der Waals surface area contributed by atoms with Gasteiger partial charge in [0.2, 0.25) is 0 Å². The van der Waals surface area contributed by atoms with Crippen LogP contribution in [-0.2, 0) is 0 Å². The van der Waals surface area contributed by atoms with Gasteiger partial charge in [0, 0.05) is 5.88 Å². The van der Waals surface area contributed by atoms with Crippen molar-refractivity contribution in [3.05, 3.63) is 0 Å². The summed E-state index contributed by atoms with van der Waals surface area (Å²) in [6.45, 7) is 2.26. The van der Waals surface area contributed by atoms with Crippen LogP contribution in [0.5, 0.6) is 0 Å².